The van der Waals surface area contributed by atoms with E-state index < -0.39 is 58.0 Å². The average Bonchev–Trinajstić information content (AvgIpc) is 3.12. The molecule has 0 aliphatic heterocycles. The normalized spacial score (nSPS) is 41.8. The molecule has 12 atom stereocenters. The van der Waals surface area contributed by atoms with Gasteiger partial charge in [0.2, 0.25) is 0 Å². The maximum absolute atomic E-state index is 13.5. The van der Waals surface area contributed by atoms with E-state index in [2.05, 4.69) is 33.8 Å². The summed E-state index contributed by atoms with van der Waals surface area (Å²) < 4.78 is 18.2. The number of ether oxygens (including phenoxy) is 3. The Kier molecular flexibility index (Phi) is 14.0. The van der Waals surface area contributed by atoms with E-state index in [0.717, 1.165) is 25.7 Å². The van der Waals surface area contributed by atoms with E-state index in [1.165, 1.54) is 5.57 Å². The molecule has 9 nitrogen and oxygen atoms in total. The molecule has 0 bridgehead atoms. The Labute approximate surface area is 338 Å². The highest BCUT2D eigenvalue weighted by Crippen LogP contribution is 2.76. The van der Waals surface area contributed by atoms with E-state index in [9.17, 15) is 29.7 Å². The summed E-state index contributed by atoms with van der Waals surface area (Å²) in [5.41, 5.74) is -0.974. The standard InChI is InChI=1S/C45H68O9.2CH4/c1-13-26(4)37(49)52-24-42(10)31-18-21-43(11)32(41(31,9)20-19-33(42)46)17-16-29-30-22-40(7,8)35(48)36(54-39(51)28(6)15-3)45(30,34(47)23-44(29,43)12)25-53-38(50)27(5)14-2;;/h13-16,30-36,46-48H,17-25H2,1-12H3;2*1H4/b26-13-,27-14-,28-15-;;/t30?,31?,32?,33-,34+,35-,36-,41-,42+,43+,44+,45-;;/m0../s1. The largest absolute Gasteiger partial charge is 0.462 e. The number of carbonyl (C=O) groups excluding carboxylic acids is 3. The zero-order valence-corrected chi connectivity index (χ0v) is 35.0. The quantitative estimate of drug-likeness (QED) is 0.0954. The molecular formula is C47H76O9. The van der Waals surface area contributed by atoms with E-state index >= 15 is 0 Å². The summed E-state index contributed by atoms with van der Waals surface area (Å²) in [6.45, 7) is 23.5. The van der Waals surface area contributed by atoms with Gasteiger partial charge in [-0.05, 0) is 126 Å². The lowest BCUT2D eigenvalue weighted by Gasteiger charge is -2.72. The second-order valence-electron chi connectivity index (χ2n) is 19.3. The van der Waals surface area contributed by atoms with Crippen LogP contribution >= 0.6 is 0 Å². The first-order chi connectivity index (χ1) is 25.0. The maximum atomic E-state index is 13.5. The molecule has 0 aromatic heterocycles. The van der Waals surface area contributed by atoms with Gasteiger partial charge in [-0.15, -0.1) is 0 Å². The van der Waals surface area contributed by atoms with Gasteiger partial charge in [-0.2, -0.15) is 0 Å². The summed E-state index contributed by atoms with van der Waals surface area (Å²) in [7, 11) is 0. The summed E-state index contributed by atoms with van der Waals surface area (Å²) in [4.78, 5) is 39.6. The van der Waals surface area contributed by atoms with Gasteiger partial charge in [-0.1, -0.05) is 86.3 Å². The van der Waals surface area contributed by atoms with Gasteiger partial charge in [0, 0.05) is 22.1 Å². The third-order valence-electron chi connectivity index (χ3n) is 16.4. The van der Waals surface area contributed by atoms with E-state index in [0.29, 0.717) is 36.0 Å². The minimum absolute atomic E-state index is 0. The Morgan fingerprint density at radius 1 is 0.732 bits per heavy atom. The highest BCUT2D eigenvalue weighted by molar-refractivity contribution is 5.88. The molecule has 4 fully saturated rings. The SMILES string of the molecule is C.C.C/C=C(/C)C(=O)OC[C@@]12C(CC(C)(C)[C@@H](O)[C@@H]1OC(=O)/C(C)=C\C)C1=CCC3[C@@]4(C)CC[C@H](O)[C@](C)(COC(=O)/C(C)=C\C)C4CC[C@@]3(C)[C@]1(C)C[C@H]2O. The summed E-state index contributed by atoms with van der Waals surface area (Å²) >= 11 is 0. The second-order valence-corrected chi connectivity index (χ2v) is 19.3. The van der Waals surface area contributed by atoms with Crippen LogP contribution in [0.4, 0.5) is 0 Å². The fourth-order valence-corrected chi connectivity index (χ4v) is 12.2. The lowest BCUT2D eigenvalue weighted by molar-refractivity contribution is -0.265. The van der Waals surface area contributed by atoms with Crippen LogP contribution in [0.15, 0.2) is 46.6 Å². The first-order valence-corrected chi connectivity index (χ1v) is 20.2. The molecule has 0 aromatic rings. The van der Waals surface area contributed by atoms with Gasteiger partial charge in [-0.3, -0.25) is 0 Å². The van der Waals surface area contributed by atoms with Crippen LogP contribution in [0.5, 0.6) is 0 Å². The summed E-state index contributed by atoms with van der Waals surface area (Å²) in [5.74, 6) is -1.48. The van der Waals surface area contributed by atoms with Crippen molar-refractivity contribution in [2.45, 2.75) is 167 Å². The number of fused-ring (bicyclic) bond motifs is 7. The van der Waals surface area contributed by atoms with Crippen molar-refractivity contribution in [1.82, 2.24) is 0 Å². The van der Waals surface area contributed by atoms with Gasteiger partial charge >= 0.3 is 17.9 Å². The van der Waals surface area contributed by atoms with Gasteiger partial charge in [0.15, 0.2) is 0 Å². The second kappa shape index (κ2) is 16.5. The van der Waals surface area contributed by atoms with Crippen LogP contribution in [0.3, 0.4) is 0 Å². The van der Waals surface area contributed by atoms with E-state index in [1.807, 2.05) is 20.8 Å². The predicted octanol–water partition coefficient (Wildman–Crippen LogP) is 8.85. The van der Waals surface area contributed by atoms with Gasteiger partial charge in [0.25, 0.3) is 0 Å². The zero-order chi connectivity index (χ0) is 40.4. The van der Waals surface area contributed by atoms with Crippen LogP contribution < -0.4 is 0 Å². The van der Waals surface area contributed by atoms with Gasteiger partial charge < -0.3 is 29.5 Å². The van der Waals surface area contributed by atoms with E-state index in [-0.39, 0.29) is 62.6 Å². The summed E-state index contributed by atoms with van der Waals surface area (Å²) in [6, 6.07) is 0. The number of esters is 3. The molecule has 0 aromatic carbocycles. The van der Waals surface area contributed by atoms with E-state index in [4.69, 9.17) is 14.2 Å². The van der Waals surface area contributed by atoms with Crippen LogP contribution in [-0.4, -0.2) is 70.9 Å². The Morgan fingerprint density at radius 2 is 1.27 bits per heavy atom. The smallest absolute Gasteiger partial charge is 0.333 e. The fourth-order valence-electron chi connectivity index (χ4n) is 12.2. The molecule has 3 N–H and O–H groups in total. The molecule has 0 saturated heterocycles. The Bertz CT molecular complexity index is 1640. The molecule has 3 unspecified atom stereocenters. The number of allylic oxidation sites excluding steroid dienone is 5. The molecule has 318 valence electrons. The lowest BCUT2D eigenvalue weighted by Crippen LogP contribution is -2.72. The van der Waals surface area contributed by atoms with Crippen LogP contribution in [0.25, 0.3) is 0 Å². The summed E-state index contributed by atoms with van der Waals surface area (Å²) in [6.07, 6.45) is 8.28. The molecule has 56 heavy (non-hydrogen) atoms. The molecule has 0 radical (unpaired) electrons. The molecule has 0 spiro atoms. The van der Waals surface area contributed by atoms with Crippen LogP contribution in [0.1, 0.15) is 143 Å². The molecule has 9 heteroatoms. The van der Waals surface area contributed by atoms with Crippen LogP contribution in [0, 0.1) is 50.2 Å². The monoisotopic (exact) mass is 785 g/mol. The Balaban J connectivity index is 0.00000420. The topological polar surface area (TPSA) is 140 Å². The number of aliphatic hydroxyl groups excluding tert-OH is 3. The van der Waals surface area contributed by atoms with Crippen molar-refractivity contribution >= 4 is 17.9 Å². The lowest BCUT2D eigenvalue weighted by atomic mass is 9.33. The number of aliphatic hydroxyl groups is 3. The molecular weight excluding hydrogens is 709 g/mol. The first kappa shape index (κ1) is 47.6. The highest BCUT2D eigenvalue weighted by atomic mass is 16.6. The fraction of sp³-hybridized carbons (Fsp3) is 0.766. The van der Waals surface area contributed by atoms with E-state index in [1.54, 1.807) is 52.8 Å². The highest BCUT2D eigenvalue weighted by Gasteiger charge is 2.73. The van der Waals surface area contributed by atoms with Crippen molar-refractivity contribution in [2.24, 2.45) is 50.2 Å². The Hall–Kier alpha value is -2.75. The van der Waals surface area contributed by atoms with Crippen LogP contribution in [-0.2, 0) is 28.6 Å². The van der Waals surface area contributed by atoms with Crippen molar-refractivity contribution in [3.05, 3.63) is 46.6 Å². The van der Waals surface area contributed by atoms with Crippen molar-refractivity contribution in [3.63, 3.8) is 0 Å². The number of hydrogen-bond donors (Lipinski definition) is 3. The Morgan fingerprint density at radius 3 is 1.82 bits per heavy atom. The predicted molar refractivity (Wildman–Crippen MR) is 221 cm³/mol. The van der Waals surface area contributed by atoms with Crippen molar-refractivity contribution < 1.29 is 43.9 Å². The zero-order valence-electron chi connectivity index (χ0n) is 35.0. The maximum Gasteiger partial charge on any atom is 0.333 e. The molecule has 5 aliphatic carbocycles. The van der Waals surface area contributed by atoms with Gasteiger partial charge in [0.05, 0.1) is 30.3 Å². The molecule has 4 saturated carbocycles. The van der Waals surface area contributed by atoms with Crippen molar-refractivity contribution in [1.29, 1.82) is 0 Å². The van der Waals surface area contributed by atoms with Crippen molar-refractivity contribution in [3.8, 4) is 0 Å². The first-order valence-electron chi connectivity index (χ1n) is 20.2. The number of hydrogen-bond acceptors (Lipinski definition) is 9. The van der Waals surface area contributed by atoms with Gasteiger partial charge in [-0.25, -0.2) is 14.4 Å². The minimum atomic E-state index is -1.29. The molecule has 5 aliphatic rings. The number of rotatable bonds is 8. The minimum Gasteiger partial charge on any atom is -0.462 e. The van der Waals surface area contributed by atoms with Gasteiger partial charge in [0.1, 0.15) is 12.7 Å². The average molecular weight is 785 g/mol. The number of carbonyl (C=O) groups is 3. The third kappa shape index (κ3) is 7.07. The molecule has 0 heterocycles. The molecule has 0 amide bonds. The van der Waals surface area contributed by atoms with Crippen LogP contribution in [0.2, 0.25) is 0 Å². The van der Waals surface area contributed by atoms with Crippen molar-refractivity contribution in [2.75, 3.05) is 13.2 Å². The summed E-state index contributed by atoms with van der Waals surface area (Å²) in [5, 5.41) is 36.4. The molecule has 5 rings (SSSR count). The third-order valence-corrected chi connectivity index (χ3v) is 16.4.